The Morgan fingerprint density at radius 3 is 1.84 bits per heavy atom. The van der Waals surface area contributed by atoms with E-state index in [2.05, 4.69) is 121 Å². The van der Waals surface area contributed by atoms with Gasteiger partial charge in [-0.2, -0.15) is 6.08 Å². The van der Waals surface area contributed by atoms with Gasteiger partial charge < -0.3 is 24.8 Å². The number of hydrogen-bond donors (Lipinski definition) is 0. The predicted molar refractivity (Wildman–Crippen MR) is 175 cm³/mol. The number of allylic oxidation sites excluding steroid dienone is 4. The SMILES string of the molecule is Clc1cccc([C](=[Zr+2])c2ccccc2)c1.[C-]1=CC=CC1.[Cl-].[Cl-].c1ccc2c(c1)[cH-]c1c3ccccc3c3ccccc3c21. The first-order valence-electron chi connectivity index (χ1n) is 13.7. The fourth-order valence-electron chi connectivity index (χ4n) is 5.37. The Morgan fingerprint density at radius 1 is 0.628 bits per heavy atom. The van der Waals surface area contributed by atoms with Crippen molar-refractivity contribution in [2.45, 2.75) is 6.42 Å². The zero-order valence-corrected chi connectivity index (χ0v) is 28.0. The minimum absolute atomic E-state index is 0. The average Bonchev–Trinajstić information content (AvgIpc) is 3.74. The van der Waals surface area contributed by atoms with Crippen LogP contribution in [0.1, 0.15) is 17.5 Å². The summed E-state index contributed by atoms with van der Waals surface area (Å²) in [6.45, 7) is 0. The van der Waals surface area contributed by atoms with Crippen LogP contribution in [0.15, 0.2) is 152 Å². The second kappa shape index (κ2) is 15.5. The van der Waals surface area contributed by atoms with Crippen molar-refractivity contribution in [1.82, 2.24) is 0 Å². The normalized spacial score (nSPS) is 11.3. The van der Waals surface area contributed by atoms with Gasteiger partial charge in [0.1, 0.15) is 0 Å². The maximum absolute atomic E-state index is 5.97. The maximum atomic E-state index is 5.97. The van der Waals surface area contributed by atoms with Crippen LogP contribution >= 0.6 is 11.6 Å². The molecule has 1 aliphatic rings. The second-order valence-electron chi connectivity index (χ2n) is 9.87. The van der Waals surface area contributed by atoms with E-state index in [4.69, 9.17) is 11.6 Å². The maximum Gasteiger partial charge on any atom is -0.0255 e. The minimum atomic E-state index is 0. The monoisotopic (exact) mass is 690 g/mol. The van der Waals surface area contributed by atoms with Gasteiger partial charge in [-0.15, -0.1) is 40.1 Å². The van der Waals surface area contributed by atoms with Gasteiger partial charge in [0.15, 0.2) is 0 Å². The number of benzene rings is 6. The van der Waals surface area contributed by atoms with E-state index in [1.165, 1.54) is 81.7 Å². The number of rotatable bonds is 2. The Hall–Kier alpha value is -3.19. The molecule has 0 aliphatic heterocycles. The van der Waals surface area contributed by atoms with E-state index in [1.807, 2.05) is 36.4 Å². The molecule has 0 nitrogen and oxygen atoms in total. The van der Waals surface area contributed by atoms with Crippen LogP contribution in [0.4, 0.5) is 0 Å². The Labute approximate surface area is 285 Å². The molecule has 0 amide bonds. The van der Waals surface area contributed by atoms with Gasteiger partial charge >= 0.3 is 110 Å². The number of halogens is 3. The van der Waals surface area contributed by atoms with E-state index in [-0.39, 0.29) is 24.8 Å². The molecule has 8 rings (SSSR count). The van der Waals surface area contributed by atoms with Gasteiger partial charge in [0.2, 0.25) is 0 Å². The van der Waals surface area contributed by atoms with Gasteiger partial charge in [-0.25, -0.2) is 12.2 Å². The summed E-state index contributed by atoms with van der Waals surface area (Å²) in [4.78, 5) is 0. The largest absolute Gasteiger partial charge is 1.00 e. The van der Waals surface area contributed by atoms with Crippen LogP contribution in [-0.4, -0.2) is 3.21 Å². The fourth-order valence-corrected chi connectivity index (χ4v) is 6.35. The number of fused-ring (bicyclic) bond motifs is 8. The van der Waals surface area contributed by atoms with Crippen LogP contribution in [0.2, 0.25) is 5.02 Å². The standard InChI is InChI=1S/C21H13.C13H9Cl.C5H5.2ClH.Zr/c1-2-8-15-14(7-1)13-20-18-11-4-3-9-16(18)17-10-5-6-12-19(17)21(15)20;14-13-8-4-7-12(10-13)9-11-5-2-1-3-6-11;1-2-4-5-3-1;;;/h1-13H;1-8,10H;1-3H,4H2;2*1H;/q-1;;-1;;;+2/p-2. The molecular formula is C39H27Cl3Zr-2. The number of hydrogen-bond acceptors (Lipinski definition) is 0. The summed E-state index contributed by atoms with van der Waals surface area (Å²) in [7, 11) is 0. The van der Waals surface area contributed by atoms with E-state index < -0.39 is 0 Å². The topological polar surface area (TPSA) is 0 Å². The van der Waals surface area contributed by atoms with Gasteiger partial charge in [-0.1, -0.05) is 77.5 Å². The van der Waals surface area contributed by atoms with Crippen molar-refractivity contribution in [3.63, 3.8) is 0 Å². The van der Waals surface area contributed by atoms with E-state index >= 15 is 0 Å². The summed E-state index contributed by atoms with van der Waals surface area (Å²) < 4.78 is 1.34. The summed E-state index contributed by atoms with van der Waals surface area (Å²) in [6, 6.07) is 46.9. The molecule has 0 unspecified atom stereocenters. The molecule has 0 heterocycles. The molecule has 7 aromatic carbocycles. The van der Waals surface area contributed by atoms with E-state index in [0.29, 0.717) is 0 Å². The summed E-state index contributed by atoms with van der Waals surface area (Å²) in [5.74, 6) is 0. The molecule has 4 heteroatoms. The van der Waals surface area contributed by atoms with Crippen LogP contribution in [-0.2, 0) is 24.2 Å². The third-order valence-electron chi connectivity index (χ3n) is 7.26. The first-order chi connectivity index (χ1) is 20.2. The van der Waals surface area contributed by atoms with Gasteiger partial charge in [-0.3, -0.25) is 6.08 Å². The quantitative estimate of drug-likeness (QED) is 0.181. The van der Waals surface area contributed by atoms with Crippen molar-refractivity contribution >= 4 is 57.9 Å². The molecule has 7 aromatic rings. The molecule has 0 fully saturated rings. The summed E-state index contributed by atoms with van der Waals surface area (Å²) in [5, 5.41) is 11.6. The first-order valence-corrected chi connectivity index (χ1v) is 15.3. The molecule has 43 heavy (non-hydrogen) atoms. The minimum Gasteiger partial charge on any atom is -1.00 e. The van der Waals surface area contributed by atoms with Crippen molar-refractivity contribution in [2.75, 3.05) is 0 Å². The van der Waals surface area contributed by atoms with Crippen molar-refractivity contribution in [3.8, 4) is 0 Å². The molecular weight excluding hydrogens is 666 g/mol. The first kappa shape index (κ1) is 32.7. The zero-order valence-electron chi connectivity index (χ0n) is 23.3. The van der Waals surface area contributed by atoms with E-state index in [1.54, 1.807) is 0 Å². The zero-order chi connectivity index (χ0) is 28.0. The molecule has 0 saturated carbocycles. The van der Waals surface area contributed by atoms with Crippen molar-refractivity contribution in [1.29, 1.82) is 0 Å². The molecule has 0 spiro atoms. The van der Waals surface area contributed by atoms with Crippen molar-refractivity contribution in [3.05, 3.63) is 174 Å². The molecule has 0 aromatic heterocycles. The summed E-state index contributed by atoms with van der Waals surface area (Å²) >= 11 is 7.38. The third kappa shape index (κ3) is 7.31. The van der Waals surface area contributed by atoms with Gasteiger partial charge in [-0.05, 0) is 10.8 Å². The second-order valence-corrected chi connectivity index (χ2v) is 11.5. The molecule has 210 valence electrons. The van der Waals surface area contributed by atoms with E-state index in [0.717, 1.165) is 11.4 Å². The fraction of sp³-hybridized carbons (Fsp3) is 0.0256. The molecule has 0 radical (unpaired) electrons. The molecule has 1 aliphatic carbocycles. The van der Waals surface area contributed by atoms with Crippen LogP contribution in [0.3, 0.4) is 0 Å². The van der Waals surface area contributed by atoms with Crippen LogP contribution in [0.5, 0.6) is 0 Å². The average molecular weight is 693 g/mol. The Kier molecular flexibility index (Phi) is 11.8. The smallest absolute Gasteiger partial charge is 0.0255 e. The molecule has 0 N–H and O–H groups in total. The molecule has 0 atom stereocenters. The van der Waals surface area contributed by atoms with Gasteiger partial charge in [0.05, 0.1) is 0 Å². The van der Waals surface area contributed by atoms with E-state index in [9.17, 15) is 0 Å². The van der Waals surface area contributed by atoms with Crippen LogP contribution in [0.25, 0.3) is 43.1 Å². The van der Waals surface area contributed by atoms with Crippen LogP contribution in [0, 0.1) is 6.08 Å². The van der Waals surface area contributed by atoms with Crippen molar-refractivity contribution < 1.29 is 49.0 Å². The molecule has 0 saturated heterocycles. The Morgan fingerprint density at radius 2 is 1.21 bits per heavy atom. The Bertz CT molecular complexity index is 2040. The summed E-state index contributed by atoms with van der Waals surface area (Å²) in [6.07, 6.45) is 10.0. The Balaban J connectivity index is 0.000000169. The predicted octanol–water partition coefficient (Wildman–Crippen LogP) is 4.79. The molecule has 0 bridgehead atoms. The van der Waals surface area contributed by atoms with Gasteiger partial charge in [0.25, 0.3) is 0 Å². The third-order valence-corrected chi connectivity index (χ3v) is 8.92. The van der Waals surface area contributed by atoms with Crippen molar-refractivity contribution in [2.24, 2.45) is 0 Å². The summed E-state index contributed by atoms with van der Waals surface area (Å²) in [5.41, 5.74) is 2.49. The van der Waals surface area contributed by atoms with Gasteiger partial charge in [0, 0.05) is 0 Å². The van der Waals surface area contributed by atoms with Crippen LogP contribution < -0.4 is 24.8 Å².